The van der Waals surface area contributed by atoms with Crippen LogP contribution >= 0.6 is 0 Å². The molecule has 0 aliphatic carbocycles. The first kappa shape index (κ1) is 23.3. The molecule has 5 rings (SSSR count). The fraction of sp³-hybridized carbons (Fsp3) is 0.154. The highest BCUT2D eigenvalue weighted by molar-refractivity contribution is 5.93. The summed E-state index contributed by atoms with van der Waals surface area (Å²) >= 11 is 0. The number of esters is 1. The van der Waals surface area contributed by atoms with Gasteiger partial charge in [-0.1, -0.05) is 71.8 Å². The number of carbonyl (C=O) groups excluding carboxylic acids is 1. The second-order valence-electron chi connectivity index (χ2n) is 8.24. The van der Waals surface area contributed by atoms with Gasteiger partial charge in [-0.3, -0.25) is 0 Å². The molecule has 4 aromatic rings. The Morgan fingerprint density at radius 3 is 2.42 bits per heavy atom. The van der Waals surface area contributed by atoms with Gasteiger partial charge in [0.15, 0.2) is 0 Å². The molecule has 0 amide bonds. The van der Waals surface area contributed by atoms with Crippen molar-refractivity contribution in [3.63, 3.8) is 0 Å². The third kappa shape index (κ3) is 4.45. The molecule has 2 heterocycles. The van der Waals surface area contributed by atoms with Crippen LogP contribution in [-0.2, 0) is 22.3 Å². The molecule has 0 unspecified atom stereocenters. The average molecular weight is 491 g/mol. The zero-order chi connectivity index (χ0) is 25.3. The maximum atomic E-state index is 13.4. The summed E-state index contributed by atoms with van der Waals surface area (Å²) in [5.74, 6) is -0.225. The van der Waals surface area contributed by atoms with Crippen molar-refractivity contribution in [1.82, 2.24) is 20.2 Å². The van der Waals surface area contributed by atoms with E-state index in [1.807, 2.05) is 30.3 Å². The smallest absolute Gasteiger partial charge is 0.416 e. The van der Waals surface area contributed by atoms with Crippen LogP contribution in [0.2, 0.25) is 0 Å². The summed E-state index contributed by atoms with van der Waals surface area (Å²) in [5, 5.41) is 14.8. The molecular formula is C26H20F3N5O2. The highest BCUT2D eigenvalue weighted by Crippen LogP contribution is 2.40. The minimum Gasteiger partial charge on any atom is -0.457 e. The number of halogens is 3. The van der Waals surface area contributed by atoms with Gasteiger partial charge in [-0.25, -0.2) is 4.79 Å². The number of nitrogens with zero attached hydrogens (tertiary/aromatic N) is 4. The molecule has 0 radical (unpaired) electrons. The molecule has 1 atom stereocenters. The lowest BCUT2D eigenvalue weighted by atomic mass is 9.89. The van der Waals surface area contributed by atoms with Gasteiger partial charge in [0, 0.05) is 5.70 Å². The molecule has 0 fully saturated rings. The summed E-state index contributed by atoms with van der Waals surface area (Å²) in [5.41, 5.74) is 2.74. The summed E-state index contributed by atoms with van der Waals surface area (Å²) in [7, 11) is 0. The molecule has 3 aromatic carbocycles. The molecule has 0 bridgehead atoms. The zero-order valence-corrected chi connectivity index (χ0v) is 19.0. The van der Waals surface area contributed by atoms with Crippen molar-refractivity contribution in [2.24, 2.45) is 0 Å². The van der Waals surface area contributed by atoms with Crippen molar-refractivity contribution in [2.45, 2.75) is 25.7 Å². The van der Waals surface area contributed by atoms with E-state index in [0.717, 1.165) is 17.7 Å². The van der Waals surface area contributed by atoms with Gasteiger partial charge in [0.1, 0.15) is 12.6 Å². The lowest BCUT2D eigenvalue weighted by Gasteiger charge is -2.29. The van der Waals surface area contributed by atoms with Crippen LogP contribution in [0.4, 0.5) is 19.1 Å². The highest BCUT2D eigenvalue weighted by Gasteiger charge is 2.36. The van der Waals surface area contributed by atoms with Crippen LogP contribution in [0, 0.1) is 0 Å². The Hall–Kier alpha value is -4.47. The van der Waals surface area contributed by atoms with E-state index in [1.54, 1.807) is 31.2 Å². The van der Waals surface area contributed by atoms with Crippen molar-refractivity contribution >= 4 is 11.9 Å². The quantitative estimate of drug-likeness (QED) is 0.377. The predicted octanol–water partition coefficient (Wildman–Crippen LogP) is 5.39. The van der Waals surface area contributed by atoms with Crippen LogP contribution in [0.1, 0.15) is 29.7 Å². The van der Waals surface area contributed by atoms with Gasteiger partial charge in [-0.05, 0) is 51.7 Å². The van der Waals surface area contributed by atoms with Gasteiger partial charge in [-0.2, -0.15) is 17.9 Å². The Balaban J connectivity index is 1.56. The lowest BCUT2D eigenvalue weighted by molar-refractivity contribution is -0.141. The molecule has 1 aromatic heterocycles. The number of tetrazole rings is 1. The number of benzene rings is 3. The molecule has 1 aliphatic rings. The lowest BCUT2D eigenvalue weighted by Crippen LogP contribution is -2.30. The van der Waals surface area contributed by atoms with Crippen molar-refractivity contribution in [3.8, 4) is 11.1 Å². The SMILES string of the molecule is CC1=C(C(=O)OCc2ccccc2)[C@@H](c2ccccc2-c2ccc(C(F)(F)F)cc2)n2nnnc2N1. The number of rotatable bonds is 5. The van der Waals surface area contributed by atoms with Gasteiger partial charge in [-0.15, -0.1) is 0 Å². The van der Waals surface area contributed by atoms with E-state index < -0.39 is 23.8 Å². The molecule has 7 nitrogen and oxygen atoms in total. The Bertz CT molecular complexity index is 1430. The topological polar surface area (TPSA) is 81.9 Å². The van der Waals surface area contributed by atoms with Crippen molar-refractivity contribution in [3.05, 3.63) is 107 Å². The van der Waals surface area contributed by atoms with Gasteiger partial charge < -0.3 is 10.1 Å². The number of hydrogen-bond donors (Lipinski definition) is 1. The van der Waals surface area contributed by atoms with Gasteiger partial charge >= 0.3 is 12.1 Å². The maximum absolute atomic E-state index is 13.4. The minimum absolute atomic E-state index is 0.0756. The Morgan fingerprint density at radius 2 is 1.69 bits per heavy atom. The number of ether oxygens (including phenoxy) is 1. The van der Waals surface area contributed by atoms with E-state index in [9.17, 15) is 18.0 Å². The Kier molecular flexibility index (Phi) is 6.01. The normalized spacial score (nSPS) is 15.3. The molecule has 36 heavy (non-hydrogen) atoms. The average Bonchev–Trinajstić information content (AvgIpc) is 3.35. The summed E-state index contributed by atoms with van der Waals surface area (Å²) in [6.07, 6.45) is -4.44. The summed E-state index contributed by atoms with van der Waals surface area (Å²) in [6, 6.07) is 20.6. The summed E-state index contributed by atoms with van der Waals surface area (Å²) < 4.78 is 46.4. The van der Waals surface area contributed by atoms with Gasteiger partial charge in [0.05, 0.1) is 11.1 Å². The first-order valence-corrected chi connectivity index (χ1v) is 11.1. The fourth-order valence-corrected chi connectivity index (χ4v) is 4.20. The Labute approximate surface area is 204 Å². The molecule has 0 spiro atoms. The van der Waals surface area contributed by atoms with E-state index in [0.29, 0.717) is 33.9 Å². The number of alkyl halides is 3. The molecule has 10 heteroatoms. The second-order valence-corrected chi connectivity index (χ2v) is 8.24. The number of carbonyl (C=O) groups is 1. The van der Waals surface area contributed by atoms with E-state index in [4.69, 9.17) is 4.74 Å². The third-order valence-electron chi connectivity index (χ3n) is 5.93. The van der Waals surface area contributed by atoms with E-state index in [1.165, 1.54) is 16.8 Å². The van der Waals surface area contributed by atoms with Crippen molar-refractivity contribution in [1.29, 1.82) is 0 Å². The number of aromatic nitrogens is 4. The molecular weight excluding hydrogens is 471 g/mol. The van der Waals surface area contributed by atoms with Crippen molar-refractivity contribution < 1.29 is 22.7 Å². The number of allylic oxidation sites excluding steroid dienone is 1. The van der Waals surface area contributed by atoms with Crippen molar-refractivity contribution in [2.75, 3.05) is 5.32 Å². The van der Waals surface area contributed by atoms with Crippen LogP contribution in [-0.4, -0.2) is 26.2 Å². The Morgan fingerprint density at radius 1 is 1.00 bits per heavy atom. The summed E-state index contributed by atoms with van der Waals surface area (Å²) in [4.78, 5) is 13.4. The van der Waals surface area contributed by atoms with E-state index in [-0.39, 0.29) is 6.61 Å². The maximum Gasteiger partial charge on any atom is 0.416 e. The van der Waals surface area contributed by atoms with Crippen LogP contribution in [0.25, 0.3) is 11.1 Å². The number of nitrogens with one attached hydrogen (secondary N) is 1. The van der Waals surface area contributed by atoms with E-state index in [2.05, 4.69) is 20.8 Å². The minimum atomic E-state index is -4.44. The van der Waals surface area contributed by atoms with Crippen LogP contribution in [0.5, 0.6) is 0 Å². The first-order valence-electron chi connectivity index (χ1n) is 11.1. The fourth-order valence-electron chi connectivity index (χ4n) is 4.20. The standard InChI is InChI=1S/C26H20F3N5O2/c1-16-22(24(35)36-15-17-7-3-2-4-8-17)23(34-25(30-16)31-32-33-34)21-10-6-5-9-20(21)18-11-13-19(14-12-18)26(27,28)29/h2-14,23H,15H2,1H3,(H,30,31,33)/t23-/m1/s1. The van der Waals surface area contributed by atoms with E-state index >= 15 is 0 Å². The number of fused-ring (bicyclic) bond motifs is 1. The first-order chi connectivity index (χ1) is 17.3. The molecule has 0 saturated carbocycles. The third-order valence-corrected chi connectivity index (χ3v) is 5.93. The largest absolute Gasteiger partial charge is 0.457 e. The molecule has 1 N–H and O–H groups in total. The highest BCUT2D eigenvalue weighted by atomic mass is 19.4. The number of hydrogen-bond acceptors (Lipinski definition) is 6. The van der Waals surface area contributed by atoms with Gasteiger partial charge in [0.25, 0.3) is 0 Å². The molecule has 1 aliphatic heterocycles. The molecule has 182 valence electrons. The van der Waals surface area contributed by atoms with Gasteiger partial charge in [0.2, 0.25) is 5.95 Å². The monoisotopic (exact) mass is 491 g/mol. The van der Waals surface area contributed by atoms with Crippen LogP contribution in [0.15, 0.2) is 90.1 Å². The van der Waals surface area contributed by atoms with Crippen LogP contribution in [0.3, 0.4) is 0 Å². The number of anilines is 1. The van der Waals surface area contributed by atoms with Crippen LogP contribution < -0.4 is 5.32 Å². The zero-order valence-electron chi connectivity index (χ0n) is 19.0. The summed E-state index contributed by atoms with van der Waals surface area (Å²) in [6.45, 7) is 1.80. The molecule has 0 saturated heterocycles. The predicted molar refractivity (Wildman–Crippen MR) is 125 cm³/mol. The second kappa shape index (κ2) is 9.29.